The van der Waals surface area contributed by atoms with E-state index in [1.165, 1.54) is 12.1 Å². The molecule has 182 valence electrons. The SMILES string of the molecule is CCC(C(c1ccc(Cl)cc1)N(C(=O)O)c1ccc(Cl)c(Cl)c1)C(O)(C(F)(F)F)C(F)(F)F. The minimum atomic E-state index is -6.18. The molecule has 33 heavy (non-hydrogen) atoms. The molecule has 0 bridgehead atoms. The fourth-order valence-corrected chi connectivity index (χ4v) is 3.99. The van der Waals surface area contributed by atoms with E-state index >= 15 is 0 Å². The molecule has 0 fully saturated rings. The predicted octanol–water partition coefficient (Wildman–Crippen LogP) is 7.75. The van der Waals surface area contributed by atoms with E-state index in [4.69, 9.17) is 34.8 Å². The third kappa shape index (κ3) is 5.29. The highest BCUT2D eigenvalue weighted by Crippen LogP contribution is 2.54. The highest BCUT2D eigenvalue weighted by molar-refractivity contribution is 6.42. The number of alkyl halides is 6. The second-order valence-electron chi connectivity index (χ2n) is 7.02. The molecule has 0 radical (unpaired) electrons. The summed E-state index contributed by atoms with van der Waals surface area (Å²) in [4.78, 5) is 12.5. The molecule has 2 atom stereocenters. The number of nitrogens with zero attached hydrogens (tertiary/aromatic N) is 1. The number of hydrogen-bond donors (Lipinski definition) is 2. The van der Waals surface area contributed by atoms with Gasteiger partial charge in [-0.05, 0) is 42.3 Å². The summed E-state index contributed by atoms with van der Waals surface area (Å²) in [6, 6.07) is 5.53. The third-order valence-corrected chi connectivity index (χ3v) is 6.09. The minimum absolute atomic E-state index is 0.0251. The zero-order valence-electron chi connectivity index (χ0n) is 16.6. The number of carbonyl (C=O) groups is 1. The van der Waals surface area contributed by atoms with Gasteiger partial charge >= 0.3 is 18.4 Å². The van der Waals surface area contributed by atoms with Gasteiger partial charge in [-0.1, -0.05) is 53.9 Å². The van der Waals surface area contributed by atoms with E-state index in [9.17, 15) is 41.4 Å². The summed E-state index contributed by atoms with van der Waals surface area (Å²) >= 11 is 17.5. The quantitative estimate of drug-likeness (QED) is 0.370. The molecule has 1 amide bonds. The molecule has 0 heterocycles. The van der Waals surface area contributed by atoms with Crippen LogP contribution < -0.4 is 4.90 Å². The van der Waals surface area contributed by atoms with Gasteiger partial charge in [0, 0.05) is 16.6 Å². The van der Waals surface area contributed by atoms with Gasteiger partial charge in [0.15, 0.2) is 0 Å². The number of anilines is 1. The summed E-state index contributed by atoms with van der Waals surface area (Å²) in [5.74, 6) is -2.72. The van der Waals surface area contributed by atoms with Gasteiger partial charge in [-0.3, -0.25) is 4.90 Å². The number of amides is 1. The van der Waals surface area contributed by atoms with Crippen molar-refractivity contribution in [3.8, 4) is 0 Å². The molecule has 4 nitrogen and oxygen atoms in total. The number of halogens is 9. The van der Waals surface area contributed by atoms with Crippen molar-refractivity contribution in [2.24, 2.45) is 5.92 Å². The van der Waals surface area contributed by atoms with Crippen molar-refractivity contribution in [2.45, 2.75) is 37.3 Å². The van der Waals surface area contributed by atoms with Crippen LogP contribution >= 0.6 is 34.8 Å². The van der Waals surface area contributed by atoms with Crippen LogP contribution in [0.1, 0.15) is 24.9 Å². The van der Waals surface area contributed by atoms with Gasteiger partial charge in [0.1, 0.15) is 0 Å². The Morgan fingerprint density at radius 1 is 0.939 bits per heavy atom. The Bertz CT molecular complexity index is 984. The van der Waals surface area contributed by atoms with Crippen LogP contribution in [-0.2, 0) is 0 Å². The molecule has 2 unspecified atom stereocenters. The first-order chi connectivity index (χ1) is 15.1. The lowest BCUT2D eigenvalue weighted by Crippen LogP contribution is -2.64. The highest BCUT2D eigenvalue weighted by Gasteiger charge is 2.75. The molecule has 2 aromatic rings. The van der Waals surface area contributed by atoms with Crippen LogP contribution in [0.5, 0.6) is 0 Å². The fraction of sp³-hybridized carbons (Fsp3) is 0.350. The average molecular weight is 539 g/mol. The summed E-state index contributed by atoms with van der Waals surface area (Å²) < 4.78 is 82.6. The smallest absolute Gasteiger partial charge is 0.426 e. The van der Waals surface area contributed by atoms with E-state index in [1.807, 2.05) is 0 Å². The first kappa shape index (κ1) is 27.4. The largest absolute Gasteiger partial charge is 0.465 e. The molecule has 0 aliphatic carbocycles. The zero-order chi connectivity index (χ0) is 25.4. The van der Waals surface area contributed by atoms with Gasteiger partial charge in [0.2, 0.25) is 0 Å². The van der Waals surface area contributed by atoms with Crippen LogP contribution in [-0.4, -0.2) is 34.3 Å². The number of aliphatic hydroxyl groups is 1. The Morgan fingerprint density at radius 2 is 1.45 bits per heavy atom. The van der Waals surface area contributed by atoms with Crippen molar-refractivity contribution in [2.75, 3.05) is 4.90 Å². The van der Waals surface area contributed by atoms with Gasteiger partial charge in [-0.25, -0.2) is 4.79 Å². The molecule has 2 N–H and O–H groups in total. The first-order valence-corrected chi connectivity index (χ1v) is 10.3. The lowest BCUT2D eigenvalue weighted by molar-refractivity contribution is -0.387. The van der Waals surface area contributed by atoms with Crippen LogP contribution in [0.15, 0.2) is 42.5 Å². The summed E-state index contributed by atoms with van der Waals surface area (Å²) in [5.41, 5.74) is -5.88. The van der Waals surface area contributed by atoms with E-state index in [0.717, 1.165) is 37.3 Å². The molecule has 0 saturated carbocycles. The number of carboxylic acid groups (broad SMARTS) is 1. The maximum atomic E-state index is 13.8. The van der Waals surface area contributed by atoms with Crippen LogP contribution in [0, 0.1) is 5.92 Å². The molecule has 0 spiro atoms. The zero-order valence-corrected chi connectivity index (χ0v) is 18.8. The Labute approximate surface area is 199 Å². The van der Waals surface area contributed by atoms with Gasteiger partial charge in [0.25, 0.3) is 5.60 Å². The lowest BCUT2D eigenvalue weighted by Gasteiger charge is -2.45. The standard InChI is InChI=1S/C20H16Cl3F6NO3/c1-2-13(18(33,19(24,25)26)20(27,28)29)16(10-3-5-11(21)6-4-10)30(17(31)32)12-7-8-14(22)15(23)9-12/h3-9,13,16,33H,2H2,1H3,(H,31,32). The second kappa shape index (κ2) is 9.77. The monoisotopic (exact) mass is 537 g/mol. The first-order valence-electron chi connectivity index (χ1n) is 9.14. The summed E-state index contributed by atoms with van der Waals surface area (Å²) in [6.07, 6.45) is -15.2. The van der Waals surface area contributed by atoms with Crippen LogP contribution in [0.4, 0.5) is 36.8 Å². The van der Waals surface area contributed by atoms with E-state index in [-0.39, 0.29) is 31.2 Å². The van der Waals surface area contributed by atoms with Gasteiger partial charge < -0.3 is 10.2 Å². The summed E-state index contributed by atoms with van der Waals surface area (Å²) in [5, 5.41) is 19.9. The predicted molar refractivity (Wildman–Crippen MR) is 112 cm³/mol. The number of hydrogen-bond acceptors (Lipinski definition) is 2. The molecule has 0 aliphatic heterocycles. The number of rotatable bonds is 6. The van der Waals surface area contributed by atoms with E-state index < -0.39 is 42.4 Å². The maximum absolute atomic E-state index is 13.8. The molecule has 13 heteroatoms. The molecule has 2 aromatic carbocycles. The Hall–Kier alpha value is -1.88. The average Bonchev–Trinajstić information content (AvgIpc) is 2.68. The van der Waals surface area contributed by atoms with Crippen molar-refractivity contribution < 1.29 is 41.4 Å². The molecule has 2 rings (SSSR count). The van der Waals surface area contributed by atoms with Gasteiger partial charge in [0.05, 0.1) is 16.1 Å². The molecular formula is C20H16Cl3F6NO3. The van der Waals surface area contributed by atoms with Crippen molar-refractivity contribution >= 4 is 46.6 Å². The molecule has 0 saturated heterocycles. The summed E-state index contributed by atoms with van der Waals surface area (Å²) in [7, 11) is 0. The van der Waals surface area contributed by atoms with Crippen molar-refractivity contribution in [3.63, 3.8) is 0 Å². The van der Waals surface area contributed by atoms with Crippen molar-refractivity contribution in [3.05, 3.63) is 63.1 Å². The highest BCUT2D eigenvalue weighted by atomic mass is 35.5. The van der Waals surface area contributed by atoms with Crippen LogP contribution in [0.3, 0.4) is 0 Å². The van der Waals surface area contributed by atoms with Crippen LogP contribution in [0.2, 0.25) is 15.1 Å². The van der Waals surface area contributed by atoms with Crippen molar-refractivity contribution in [1.82, 2.24) is 0 Å². The van der Waals surface area contributed by atoms with Crippen LogP contribution in [0.25, 0.3) is 0 Å². The molecule has 0 aromatic heterocycles. The van der Waals surface area contributed by atoms with E-state index in [1.54, 1.807) is 0 Å². The lowest BCUT2D eigenvalue weighted by atomic mass is 9.75. The van der Waals surface area contributed by atoms with Gasteiger partial charge in [-0.2, -0.15) is 26.3 Å². The topological polar surface area (TPSA) is 60.8 Å². The Morgan fingerprint density at radius 3 is 1.85 bits per heavy atom. The Balaban J connectivity index is 2.89. The number of benzene rings is 2. The van der Waals surface area contributed by atoms with E-state index in [2.05, 4.69) is 0 Å². The third-order valence-electron chi connectivity index (χ3n) is 5.10. The second-order valence-corrected chi connectivity index (χ2v) is 8.27. The summed E-state index contributed by atoms with van der Waals surface area (Å²) in [6.45, 7) is 0.977. The Kier molecular flexibility index (Phi) is 8.10. The molecular weight excluding hydrogens is 523 g/mol. The van der Waals surface area contributed by atoms with Crippen molar-refractivity contribution in [1.29, 1.82) is 0 Å². The van der Waals surface area contributed by atoms with E-state index in [0.29, 0.717) is 0 Å². The normalized spacial score (nSPS) is 14.6. The molecule has 0 aliphatic rings. The van der Waals surface area contributed by atoms with Gasteiger partial charge in [-0.15, -0.1) is 0 Å². The maximum Gasteiger partial charge on any atom is 0.426 e. The fourth-order valence-electron chi connectivity index (χ4n) is 3.57. The minimum Gasteiger partial charge on any atom is -0.465 e.